The Morgan fingerprint density at radius 1 is 0.912 bits per heavy atom. The predicted octanol–water partition coefficient (Wildman–Crippen LogP) is 4.64. The molecule has 5 rings (SSSR count). The number of rotatable bonds is 6. The number of hydrogen-bond acceptors (Lipinski definition) is 6. The van der Waals surface area contributed by atoms with Gasteiger partial charge in [0.05, 0.1) is 21.3 Å². The zero-order valence-corrected chi connectivity index (χ0v) is 20.9. The second-order valence-electron chi connectivity index (χ2n) is 10.0. The highest BCUT2D eigenvalue weighted by Crippen LogP contribution is 2.47. The summed E-state index contributed by atoms with van der Waals surface area (Å²) in [5, 5.41) is 14.1. The van der Waals surface area contributed by atoms with E-state index >= 15 is 0 Å². The summed E-state index contributed by atoms with van der Waals surface area (Å²) < 4.78 is 16.7. The van der Waals surface area contributed by atoms with Gasteiger partial charge in [-0.15, -0.1) is 0 Å². The first-order chi connectivity index (χ1) is 16.6. The van der Waals surface area contributed by atoms with Crippen molar-refractivity contribution in [3.8, 4) is 23.0 Å². The molecule has 4 atom stereocenters. The van der Waals surface area contributed by atoms with Gasteiger partial charge in [0.15, 0.2) is 23.0 Å². The molecule has 0 bridgehead atoms. The molecule has 2 N–H and O–H groups in total. The number of nitrogens with one attached hydrogen (secondary N) is 1. The van der Waals surface area contributed by atoms with Gasteiger partial charge in [0.25, 0.3) is 0 Å². The lowest BCUT2D eigenvalue weighted by Gasteiger charge is -2.48. The van der Waals surface area contributed by atoms with E-state index < -0.39 is 0 Å². The van der Waals surface area contributed by atoms with Crippen LogP contribution >= 0.6 is 0 Å². The normalized spacial score (nSPS) is 26.2. The van der Waals surface area contributed by atoms with Crippen LogP contribution in [0, 0.1) is 11.8 Å². The van der Waals surface area contributed by atoms with Crippen molar-refractivity contribution in [1.82, 2.24) is 10.2 Å². The van der Waals surface area contributed by atoms with Gasteiger partial charge in [-0.05, 0) is 90.6 Å². The number of phenolic OH excluding ortho intramolecular Hbond substituents is 1. The summed E-state index contributed by atoms with van der Waals surface area (Å²) in [7, 11) is 5.06. The third-order valence-electron chi connectivity index (χ3n) is 8.44. The van der Waals surface area contributed by atoms with Crippen molar-refractivity contribution in [3.05, 3.63) is 46.5 Å². The Morgan fingerprint density at radius 3 is 2.35 bits per heavy atom. The van der Waals surface area contributed by atoms with E-state index in [1.165, 1.54) is 28.7 Å². The predicted molar refractivity (Wildman–Crippen MR) is 133 cm³/mol. The van der Waals surface area contributed by atoms with Crippen LogP contribution in [-0.2, 0) is 12.8 Å². The molecule has 6 heteroatoms. The Balaban J connectivity index is 1.43. The molecule has 0 unspecified atom stereocenters. The van der Waals surface area contributed by atoms with Crippen LogP contribution in [-0.4, -0.2) is 51.0 Å². The largest absolute Gasteiger partial charge is 0.504 e. The van der Waals surface area contributed by atoms with Gasteiger partial charge in [0, 0.05) is 25.2 Å². The fourth-order valence-corrected chi connectivity index (χ4v) is 6.59. The van der Waals surface area contributed by atoms with E-state index in [4.69, 9.17) is 14.2 Å². The van der Waals surface area contributed by atoms with Crippen LogP contribution in [0.4, 0.5) is 0 Å². The molecule has 1 fully saturated rings. The average Bonchev–Trinajstić information content (AvgIpc) is 2.87. The second-order valence-corrected chi connectivity index (χ2v) is 10.0. The molecule has 0 spiro atoms. The summed E-state index contributed by atoms with van der Waals surface area (Å²) >= 11 is 0. The average molecular weight is 467 g/mol. The molecular formula is C28H38N2O4. The Kier molecular flexibility index (Phi) is 6.63. The van der Waals surface area contributed by atoms with E-state index in [0.29, 0.717) is 23.6 Å². The number of hydrogen-bond donors (Lipinski definition) is 2. The van der Waals surface area contributed by atoms with Crippen molar-refractivity contribution in [1.29, 1.82) is 0 Å². The quantitative estimate of drug-likeness (QED) is 0.647. The topological polar surface area (TPSA) is 63.2 Å². The van der Waals surface area contributed by atoms with Gasteiger partial charge in [-0.1, -0.05) is 13.3 Å². The van der Waals surface area contributed by atoms with Gasteiger partial charge in [-0.3, -0.25) is 4.90 Å². The lowest BCUT2D eigenvalue weighted by Crippen LogP contribution is -2.46. The van der Waals surface area contributed by atoms with Crippen LogP contribution in [0.2, 0.25) is 0 Å². The fourth-order valence-electron chi connectivity index (χ4n) is 6.59. The highest BCUT2D eigenvalue weighted by atomic mass is 16.5. The summed E-state index contributed by atoms with van der Waals surface area (Å²) in [6.45, 7) is 5.55. The Bertz CT molecular complexity index is 1040. The van der Waals surface area contributed by atoms with Gasteiger partial charge in [0.1, 0.15) is 0 Å². The molecule has 0 aromatic heterocycles. The van der Waals surface area contributed by atoms with Crippen molar-refractivity contribution in [2.75, 3.05) is 41.0 Å². The lowest BCUT2D eigenvalue weighted by atomic mass is 9.72. The molecule has 1 saturated heterocycles. The molecule has 2 aromatic rings. The molecule has 0 radical (unpaired) electrons. The van der Waals surface area contributed by atoms with Crippen molar-refractivity contribution >= 4 is 0 Å². The SMILES string of the molecule is CC[C@@H]1CN2CCc3cc(OC)c(OC)cc3[C@@H]2C[C@H]1C[C@@H]1NCCc2cc(O)c(OC)cc21. The smallest absolute Gasteiger partial charge is 0.161 e. The van der Waals surface area contributed by atoms with Gasteiger partial charge >= 0.3 is 0 Å². The summed E-state index contributed by atoms with van der Waals surface area (Å²) in [4.78, 5) is 2.70. The molecule has 34 heavy (non-hydrogen) atoms. The standard InChI is InChI=1S/C28H38N2O4/c1-5-17-16-30-9-7-19-13-27(33-3)28(34-4)15-22(19)24(30)11-20(17)10-23-21-14-26(32-2)25(31)12-18(21)6-8-29-23/h12-15,17,20,23-24,29,31H,5-11,16H2,1-4H3/t17-,20-,23+,24+/m1/s1. The number of nitrogens with zero attached hydrogens (tertiary/aromatic N) is 1. The monoisotopic (exact) mass is 466 g/mol. The molecule has 6 nitrogen and oxygen atoms in total. The molecule has 0 aliphatic carbocycles. The van der Waals surface area contributed by atoms with E-state index in [9.17, 15) is 5.11 Å². The lowest BCUT2D eigenvalue weighted by molar-refractivity contribution is 0.0434. The first-order valence-electron chi connectivity index (χ1n) is 12.7. The summed E-state index contributed by atoms with van der Waals surface area (Å²) in [5.74, 6) is 3.76. The number of phenols is 1. The second kappa shape index (κ2) is 9.67. The van der Waals surface area contributed by atoms with Gasteiger partial charge in [0.2, 0.25) is 0 Å². The molecule has 2 aromatic carbocycles. The van der Waals surface area contributed by atoms with Crippen molar-refractivity contribution in [2.24, 2.45) is 11.8 Å². The highest BCUT2D eigenvalue weighted by molar-refractivity contribution is 5.50. The van der Waals surface area contributed by atoms with Crippen molar-refractivity contribution < 1.29 is 19.3 Å². The molecule has 3 aliphatic rings. The van der Waals surface area contributed by atoms with E-state index in [0.717, 1.165) is 56.8 Å². The number of aromatic hydroxyl groups is 1. The maximum absolute atomic E-state index is 10.3. The molecular weight excluding hydrogens is 428 g/mol. The minimum absolute atomic E-state index is 0.241. The Morgan fingerprint density at radius 2 is 1.62 bits per heavy atom. The number of fused-ring (bicyclic) bond motifs is 4. The molecule has 0 saturated carbocycles. The molecule has 3 aliphatic heterocycles. The van der Waals surface area contributed by atoms with E-state index in [1.807, 2.05) is 12.1 Å². The number of benzene rings is 2. The maximum atomic E-state index is 10.3. The molecule has 3 heterocycles. The Labute approximate surface area is 203 Å². The first kappa shape index (κ1) is 23.3. The third kappa shape index (κ3) is 4.11. The first-order valence-corrected chi connectivity index (χ1v) is 12.7. The van der Waals surface area contributed by atoms with Crippen LogP contribution in [0.5, 0.6) is 23.0 Å². The number of ether oxygens (including phenoxy) is 3. The minimum atomic E-state index is 0.241. The van der Waals surface area contributed by atoms with Gasteiger partial charge in [-0.25, -0.2) is 0 Å². The van der Waals surface area contributed by atoms with Gasteiger partial charge in [-0.2, -0.15) is 0 Å². The van der Waals surface area contributed by atoms with Crippen molar-refractivity contribution in [2.45, 2.75) is 51.1 Å². The molecule has 0 amide bonds. The Hall–Kier alpha value is -2.44. The van der Waals surface area contributed by atoms with Gasteiger partial charge < -0.3 is 24.6 Å². The maximum Gasteiger partial charge on any atom is 0.161 e. The molecule has 184 valence electrons. The summed E-state index contributed by atoms with van der Waals surface area (Å²) in [5.41, 5.74) is 5.34. The third-order valence-corrected chi connectivity index (χ3v) is 8.44. The number of piperidine rings is 1. The van der Waals surface area contributed by atoms with Crippen LogP contribution < -0.4 is 19.5 Å². The van der Waals surface area contributed by atoms with Crippen LogP contribution in [0.3, 0.4) is 0 Å². The highest BCUT2D eigenvalue weighted by Gasteiger charge is 2.40. The van der Waals surface area contributed by atoms with Crippen LogP contribution in [0.1, 0.15) is 60.5 Å². The zero-order chi connectivity index (χ0) is 23.8. The zero-order valence-electron chi connectivity index (χ0n) is 20.9. The minimum Gasteiger partial charge on any atom is -0.504 e. The summed E-state index contributed by atoms with van der Waals surface area (Å²) in [6.07, 6.45) is 5.46. The number of methoxy groups -OCH3 is 3. The van der Waals surface area contributed by atoms with Crippen LogP contribution in [0.15, 0.2) is 24.3 Å². The van der Waals surface area contributed by atoms with E-state index in [2.05, 4.69) is 29.3 Å². The van der Waals surface area contributed by atoms with Crippen LogP contribution in [0.25, 0.3) is 0 Å². The summed E-state index contributed by atoms with van der Waals surface area (Å²) in [6, 6.07) is 9.06. The van der Waals surface area contributed by atoms with E-state index in [1.54, 1.807) is 21.3 Å². The fraction of sp³-hybridized carbons (Fsp3) is 0.571. The van der Waals surface area contributed by atoms with E-state index in [-0.39, 0.29) is 11.8 Å². The van der Waals surface area contributed by atoms with Crippen molar-refractivity contribution in [3.63, 3.8) is 0 Å².